The van der Waals surface area contributed by atoms with Gasteiger partial charge in [-0.15, -0.1) is 0 Å². The Morgan fingerprint density at radius 2 is 0.951 bits per heavy atom. The van der Waals surface area contributed by atoms with Crippen molar-refractivity contribution in [3.63, 3.8) is 0 Å². The number of para-hydroxylation sites is 1. The van der Waals surface area contributed by atoms with Gasteiger partial charge in [-0.3, -0.25) is 43.2 Å². The van der Waals surface area contributed by atoms with Crippen molar-refractivity contribution in [2.24, 2.45) is 23.3 Å². The molecule has 552 valence electrons. The maximum atomic E-state index is 15.1. The van der Waals surface area contributed by atoms with Crippen LogP contribution in [0.1, 0.15) is 106 Å². The number of ether oxygens (including phenoxy) is 1. The summed E-state index contributed by atoms with van der Waals surface area (Å²) >= 11 is 0. The van der Waals surface area contributed by atoms with Gasteiger partial charge in [0.1, 0.15) is 48.0 Å². The van der Waals surface area contributed by atoms with Crippen LogP contribution in [0.4, 0.5) is 4.79 Å². The monoisotopic (exact) mass is 1420 g/mol. The van der Waals surface area contributed by atoms with E-state index < -0.39 is 138 Å². The molecule has 6 aromatic rings. The zero-order chi connectivity index (χ0) is 75.3. The number of amides is 10. The summed E-state index contributed by atoms with van der Waals surface area (Å²) in [6, 6.07) is 22.7. The third-order valence-electron chi connectivity index (χ3n) is 16.9. The standard InChI is InChI=1S/C74H95N13O16/c1-42(2)34-44(5)80-65(92)55(18-12-32-75)81-66(93)56(19-13-33-78-74(76)102)82-68(95)59(37-45-20-26-49(27-21-45)48-14-8-7-9-15-48)86-72(99)64(43(3)4)87-71(98)60(38-51-40-79-54-17-11-10-16-53(51)54)84-70(97)61(39-62(88)89)85-69(96)58(36-46-22-28-50(29-23-46)73(100)101)83-67(94)57(77-6)35-47-24-30-52(31-25-47)103-41-63(90)91/h7-11,14-17,20-31,40,42-44,55-61,64,77,79H,12-13,18-19,32-39,41,75H2,1-6H3,(H,80,92)(H,81,93)(H,82,95)(H,83,94)(H,84,97)(H,85,96)(H,86,99)(H,87,98)(H,88,89)(H,90,91)(H,100,101)(H3,76,78,102)/t44-,55-,56-,57-,58-,59-,60-,61-,64-/m0/s1. The van der Waals surface area contributed by atoms with Crippen LogP contribution in [0.15, 0.2) is 134 Å². The van der Waals surface area contributed by atoms with Gasteiger partial charge in [0.15, 0.2) is 6.61 Å². The van der Waals surface area contributed by atoms with Crippen molar-refractivity contribution in [2.75, 3.05) is 26.7 Å². The normalized spacial score (nSPS) is 13.8. The van der Waals surface area contributed by atoms with E-state index in [0.717, 1.165) is 11.1 Å². The van der Waals surface area contributed by atoms with E-state index in [2.05, 4.69) is 58.2 Å². The molecular formula is C74H95N13O16. The Labute approximate surface area is 596 Å². The summed E-state index contributed by atoms with van der Waals surface area (Å²) < 4.78 is 5.22. The van der Waals surface area contributed by atoms with Gasteiger partial charge in [-0.2, -0.15) is 0 Å². The lowest BCUT2D eigenvalue weighted by molar-refractivity contribution is -0.141. The van der Waals surface area contributed by atoms with Crippen molar-refractivity contribution in [2.45, 2.75) is 153 Å². The second-order valence-corrected chi connectivity index (χ2v) is 26.0. The Morgan fingerprint density at radius 1 is 0.485 bits per heavy atom. The number of benzene rings is 5. The quantitative estimate of drug-likeness (QED) is 0.0245. The van der Waals surface area contributed by atoms with Crippen LogP contribution in [-0.2, 0) is 73.6 Å². The van der Waals surface area contributed by atoms with Crippen molar-refractivity contribution in [3.8, 4) is 16.9 Å². The van der Waals surface area contributed by atoms with E-state index in [1.54, 1.807) is 68.6 Å². The van der Waals surface area contributed by atoms with Crippen LogP contribution in [0.3, 0.4) is 0 Å². The molecule has 0 saturated heterocycles. The van der Waals surface area contributed by atoms with Gasteiger partial charge in [0.05, 0.1) is 18.0 Å². The molecule has 103 heavy (non-hydrogen) atoms. The number of carbonyl (C=O) groups is 12. The van der Waals surface area contributed by atoms with E-state index in [1.165, 1.54) is 43.4 Å². The van der Waals surface area contributed by atoms with Crippen LogP contribution < -0.4 is 69.4 Å². The zero-order valence-corrected chi connectivity index (χ0v) is 58.5. The summed E-state index contributed by atoms with van der Waals surface area (Å²) in [5.41, 5.74) is 15.5. The molecule has 0 bridgehead atoms. The number of hydrogen-bond acceptors (Lipinski definition) is 15. The summed E-state index contributed by atoms with van der Waals surface area (Å²) in [5.74, 6) is -11.1. The number of aromatic carboxylic acids is 1. The Balaban J connectivity index is 1.31. The predicted molar refractivity (Wildman–Crippen MR) is 384 cm³/mol. The van der Waals surface area contributed by atoms with E-state index >= 15 is 14.4 Å². The maximum absolute atomic E-state index is 15.1. The Morgan fingerprint density at radius 3 is 1.50 bits per heavy atom. The first kappa shape index (κ1) is 80.8. The highest BCUT2D eigenvalue weighted by Crippen LogP contribution is 2.23. The SMILES string of the molecule is CN[C@@H](Cc1ccc(OCC(=O)O)cc1)C(=O)N[C@@H](Cc1ccc(C(=O)O)cc1)C(=O)N[C@@H](CC(=O)O)C(=O)N[C@@H](Cc1c[nH]c2ccccc12)C(=O)N[C@H](C(=O)N[C@@H](Cc1ccc(-c2ccccc2)cc1)C(=O)N[C@@H](CCCNC(N)=O)C(=O)N[C@@H](CCCN)C(=O)N[C@@H](C)CC(C)C)C(C)C. The molecule has 1 heterocycles. The van der Waals surface area contributed by atoms with Gasteiger partial charge in [-0.05, 0) is 135 Å². The van der Waals surface area contributed by atoms with Crippen LogP contribution in [0.2, 0.25) is 0 Å². The molecule has 6 rings (SSSR count). The fourth-order valence-corrected chi connectivity index (χ4v) is 11.6. The van der Waals surface area contributed by atoms with Gasteiger partial charge in [0, 0.05) is 48.9 Å². The number of likely N-dealkylation sites (N-methyl/N-ethyl adjacent to an activating group) is 1. The minimum absolute atomic E-state index is 0.00204. The molecule has 0 aliphatic heterocycles. The molecular weight excluding hydrogens is 1330 g/mol. The number of H-pyrrole nitrogens is 1. The third kappa shape index (κ3) is 26.4. The topological polar surface area (TPSA) is 463 Å². The van der Waals surface area contributed by atoms with E-state index in [-0.39, 0.29) is 81.3 Å². The lowest BCUT2D eigenvalue weighted by Gasteiger charge is -2.29. The second-order valence-electron chi connectivity index (χ2n) is 26.0. The van der Waals surface area contributed by atoms with Crippen LogP contribution in [0, 0.1) is 11.8 Å². The number of fused-ring (bicyclic) bond motifs is 1. The predicted octanol–water partition coefficient (Wildman–Crippen LogP) is 3.12. The molecule has 0 unspecified atom stereocenters. The van der Waals surface area contributed by atoms with Crippen molar-refractivity contribution in [3.05, 3.63) is 161 Å². The smallest absolute Gasteiger partial charge is 0.341 e. The number of aromatic nitrogens is 1. The highest BCUT2D eigenvalue weighted by Gasteiger charge is 2.37. The average Bonchev–Trinajstić information content (AvgIpc) is 1.75. The summed E-state index contributed by atoms with van der Waals surface area (Å²) in [7, 11) is 1.49. The first-order valence-corrected chi connectivity index (χ1v) is 34.1. The fourth-order valence-electron chi connectivity index (χ4n) is 11.6. The number of carbonyl (C=O) groups excluding carboxylic acids is 9. The first-order chi connectivity index (χ1) is 49.1. The lowest BCUT2D eigenvalue weighted by atomic mass is 9.98. The van der Waals surface area contributed by atoms with E-state index in [9.17, 15) is 53.4 Å². The fraction of sp³-hybridized carbons (Fsp3) is 0.405. The molecule has 5 aromatic carbocycles. The van der Waals surface area contributed by atoms with Gasteiger partial charge >= 0.3 is 23.9 Å². The van der Waals surface area contributed by atoms with Gasteiger partial charge < -0.3 is 89.7 Å². The Kier molecular flexibility index (Phi) is 31.6. The van der Waals surface area contributed by atoms with Gasteiger partial charge in [0.25, 0.3) is 0 Å². The Hall–Kier alpha value is -11.2. The summed E-state index contributed by atoms with van der Waals surface area (Å²) in [4.78, 5) is 168. The van der Waals surface area contributed by atoms with Crippen molar-refractivity contribution < 1.29 is 77.6 Å². The number of carboxylic acid groups (broad SMARTS) is 3. The molecule has 0 saturated carbocycles. The van der Waals surface area contributed by atoms with Gasteiger partial charge in [-0.1, -0.05) is 125 Å². The van der Waals surface area contributed by atoms with E-state index in [4.69, 9.17) is 21.3 Å². The molecule has 18 N–H and O–H groups in total. The number of aromatic amines is 1. The number of nitrogens with one attached hydrogen (secondary N) is 11. The average molecular weight is 1420 g/mol. The van der Waals surface area contributed by atoms with Gasteiger partial charge in [0.2, 0.25) is 47.3 Å². The van der Waals surface area contributed by atoms with E-state index in [1.807, 2.05) is 63.2 Å². The second kappa shape index (κ2) is 40.3. The summed E-state index contributed by atoms with van der Waals surface area (Å²) in [6.07, 6.45) is 1.01. The zero-order valence-electron chi connectivity index (χ0n) is 58.5. The van der Waals surface area contributed by atoms with E-state index in [0.29, 0.717) is 46.0 Å². The number of rotatable bonds is 42. The molecule has 0 spiro atoms. The van der Waals surface area contributed by atoms with Crippen LogP contribution in [0.5, 0.6) is 5.75 Å². The molecule has 1 aromatic heterocycles. The summed E-state index contributed by atoms with van der Waals surface area (Å²) in [5, 5.41) is 56.8. The highest BCUT2D eigenvalue weighted by molar-refractivity contribution is 5.99. The number of aliphatic carboxylic acids is 2. The minimum atomic E-state index is -1.94. The lowest BCUT2D eigenvalue weighted by Crippen LogP contribution is -2.61. The molecule has 0 aliphatic rings. The Bertz CT molecular complexity index is 3870. The van der Waals surface area contributed by atoms with Crippen LogP contribution in [0.25, 0.3) is 22.0 Å². The van der Waals surface area contributed by atoms with Crippen LogP contribution >= 0.6 is 0 Å². The first-order valence-electron chi connectivity index (χ1n) is 34.1. The number of urea groups is 1. The van der Waals surface area contributed by atoms with Crippen molar-refractivity contribution in [1.29, 1.82) is 0 Å². The van der Waals surface area contributed by atoms with Crippen molar-refractivity contribution >= 4 is 82.1 Å². The van der Waals surface area contributed by atoms with Crippen molar-refractivity contribution in [1.82, 2.24) is 58.2 Å². The number of carboxylic acids is 3. The molecule has 29 heteroatoms. The van der Waals surface area contributed by atoms with Gasteiger partial charge in [-0.25, -0.2) is 14.4 Å². The summed E-state index contributed by atoms with van der Waals surface area (Å²) in [6.45, 7) is 8.70. The molecule has 10 amide bonds. The minimum Gasteiger partial charge on any atom is -0.482 e. The molecule has 0 radical (unpaired) electrons. The molecule has 0 aliphatic carbocycles. The molecule has 9 atom stereocenters. The maximum Gasteiger partial charge on any atom is 0.341 e. The van der Waals surface area contributed by atoms with Crippen LogP contribution in [-0.4, -0.2) is 173 Å². The highest BCUT2D eigenvalue weighted by atomic mass is 16.5. The third-order valence-corrected chi connectivity index (χ3v) is 16.9. The number of primary amides is 1. The number of hydrogen-bond donors (Lipinski definition) is 16. The molecule has 0 fully saturated rings. The largest absolute Gasteiger partial charge is 0.482 e. The molecule has 29 nitrogen and oxygen atoms in total. The number of nitrogens with two attached hydrogens (primary N) is 2.